The van der Waals surface area contributed by atoms with Crippen LogP contribution in [0, 0.1) is 6.92 Å². The van der Waals surface area contributed by atoms with Crippen molar-refractivity contribution in [3.8, 4) is 11.6 Å². The van der Waals surface area contributed by atoms with E-state index < -0.39 is 0 Å². The number of benzene rings is 2. The molecule has 0 saturated heterocycles. The fourth-order valence-electron chi connectivity index (χ4n) is 2.30. The molecule has 0 fully saturated rings. The summed E-state index contributed by atoms with van der Waals surface area (Å²) in [4.78, 5) is 21.7. The van der Waals surface area contributed by atoms with Gasteiger partial charge in [0.05, 0.1) is 0 Å². The summed E-state index contributed by atoms with van der Waals surface area (Å²) in [5, 5.41) is 3.54. The number of carbonyl (C=O) groups excluding carboxylic acids is 1. The predicted molar refractivity (Wildman–Crippen MR) is 106 cm³/mol. The Morgan fingerprint density at radius 2 is 1.74 bits per heavy atom. The number of nitrogens with zero attached hydrogens (tertiary/aromatic N) is 2. The van der Waals surface area contributed by atoms with E-state index in [0.29, 0.717) is 28.8 Å². The largest absolute Gasteiger partial charge is 0.437 e. The Hall–Kier alpha value is -2.86. The Balaban J connectivity index is 1.72. The third kappa shape index (κ3) is 5.31. The van der Waals surface area contributed by atoms with E-state index >= 15 is 0 Å². The number of rotatable bonds is 7. The molecule has 1 N–H and O–H groups in total. The van der Waals surface area contributed by atoms with E-state index in [1.807, 2.05) is 19.1 Å². The smallest absolute Gasteiger partial charge is 0.252 e. The zero-order valence-corrected chi connectivity index (χ0v) is 16.1. The van der Waals surface area contributed by atoms with Gasteiger partial charge in [-0.05, 0) is 49.7 Å². The first-order valence-corrected chi connectivity index (χ1v) is 9.59. The summed E-state index contributed by atoms with van der Waals surface area (Å²) in [7, 11) is 0. The molecule has 0 aliphatic rings. The molecule has 0 aliphatic carbocycles. The summed E-state index contributed by atoms with van der Waals surface area (Å²) in [6.45, 7) is 4.73. The first-order chi connectivity index (χ1) is 13.2. The maximum Gasteiger partial charge on any atom is 0.252 e. The van der Waals surface area contributed by atoms with E-state index in [0.717, 1.165) is 11.3 Å². The van der Waals surface area contributed by atoms with Crippen molar-refractivity contribution in [2.75, 3.05) is 6.54 Å². The van der Waals surface area contributed by atoms with Gasteiger partial charge in [-0.25, -0.2) is 9.97 Å². The molecule has 0 bridgehead atoms. The molecule has 0 atom stereocenters. The molecule has 0 aliphatic heterocycles. The maximum absolute atomic E-state index is 12.0. The van der Waals surface area contributed by atoms with Crippen LogP contribution in [0.5, 0.6) is 11.6 Å². The highest BCUT2D eigenvalue weighted by Crippen LogP contribution is 2.33. The molecule has 0 saturated carbocycles. The minimum Gasteiger partial charge on any atom is -0.437 e. The van der Waals surface area contributed by atoms with Crippen molar-refractivity contribution in [3.63, 3.8) is 0 Å². The van der Waals surface area contributed by atoms with Crippen LogP contribution in [-0.4, -0.2) is 22.4 Å². The quantitative estimate of drug-likeness (QED) is 0.634. The van der Waals surface area contributed by atoms with Crippen molar-refractivity contribution in [1.29, 1.82) is 0 Å². The van der Waals surface area contributed by atoms with Crippen molar-refractivity contribution in [1.82, 2.24) is 15.3 Å². The van der Waals surface area contributed by atoms with Gasteiger partial charge in [-0.1, -0.05) is 36.4 Å². The van der Waals surface area contributed by atoms with Crippen molar-refractivity contribution >= 4 is 17.7 Å². The molecule has 6 heteroatoms. The molecule has 0 unspecified atom stereocenters. The number of hydrogen-bond acceptors (Lipinski definition) is 5. The van der Waals surface area contributed by atoms with Crippen LogP contribution in [0.4, 0.5) is 0 Å². The molecule has 3 aromatic rings. The SMILES string of the molecule is CCCNC(=O)c1ccc(Oc2nccnc2Sc2ccc(C)cc2)cc1. The lowest BCUT2D eigenvalue weighted by atomic mass is 10.2. The third-order valence-corrected chi connectivity index (χ3v) is 4.72. The summed E-state index contributed by atoms with van der Waals surface area (Å²) < 4.78 is 5.90. The number of hydrogen-bond donors (Lipinski definition) is 1. The zero-order chi connectivity index (χ0) is 19.1. The highest BCUT2D eigenvalue weighted by molar-refractivity contribution is 7.99. The lowest BCUT2D eigenvalue weighted by Gasteiger charge is -2.09. The molecule has 0 spiro atoms. The molecule has 1 heterocycles. The Kier molecular flexibility index (Phi) is 6.44. The van der Waals surface area contributed by atoms with Crippen LogP contribution < -0.4 is 10.1 Å². The Morgan fingerprint density at radius 1 is 1.04 bits per heavy atom. The second-order valence-electron chi connectivity index (χ2n) is 5.96. The minimum atomic E-state index is -0.0847. The second-order valence-corrected chi connectivity index (χ2v) is 7.03. The molecule has 2 aromatic carbocycles. The standard InChI is InChI=1S/C21H21N3O2S/c1-3-12-22-19(25)16-6-8-17(9-7-16)26-20-21(24-14-13-23-20)27-18-10-4-15(2)5-11-18/h4-11,13-14H,3,12H2,1-2H3,(H,22,25). The summed E-state index contributed by atoms with van der Waals surface area (Å²) in [6, 6.07) is 15.2. The Morgan fingerprint density at radius 3 is 2.44 bits per heavy atom. The minimum absolute atomic E-state index is 0.0847. The third-order valence-electron chi connectivity index (χ3n) is 3.74. The van der Waals surface area contributed by atoms with Gasteiger partial charge in [0.1, 0.15) is 5.75 Å². The molecule has 138 valence electrons. The fraction of sp³-hybridized carbons (Fsp3) is 0.190. The molecule has 1 amide bonds. The molecule has 5 nitrogen and oxygen atoms in total. The van der Waals surface area contributed by atoms with E-state index in [1.54, 1.807) is 36.7 Å². The average molecular weight is 379 g/mol. The van der Waals surface area contributed by atoms with Crippen LogP contribution in [-0.2, 0) is 0 Å². The van der Waals surface area contributed by atoms with Crippen LogP contribution in [0.1, 0.15) is 29.3 Å². The normalized spacial score (nSPS) is 10.4. The van der Waals surface area contributed by atoms with Crippen LogP contribution in [0.15, 0.2) is 70.8 Å². The average Bonchev–Trinajstić information content (AvgIpc) is 2.70. The van der Waals surface area contributed by atoms with Gasteiger partial charge in [0.25, 0.3) is 11.8 Å². The highest BCUT2D eigenvalue weighted by atomic mass is 32.2. The Bertz CT molecular complexity index is 896. The van der Waals surface area contributed by atoms with Gasteiger partial charge in [0.2, 0.25) is 0 Å². The van der Waals surface area contributed by atoms with Gasteiger partial charge in [0.15, 0.2) is 5.03 Å². The number of carbonyl (C=O) groups is 1. The lowest BCUT2D eigenvalue weighted by Crippen LogP contribution is -2.23. The van der Waals surface area contributed by atoms with Crippen molar-refractivity contribution in [2.24, 2.45) is 0 Å². The van der Waals surface area contributed by atoms with E-state index in [1.165, 1.54) is 17.3 Å². The first kappa shape index (κ1) is 18.9. The Labute approximate surface area is 163 Å². The lowest BCUT2D eigenvalue weighted by molar-refractivity contribution is 0.0953. The topological polar surface area (TPSA) is 64.1 Å². The van der Waals surface area contributed by atoms with Crippen LogP contribution >= 0.6 is 11.8 Å². The van der Waals surface area contributed by atoms with E-state index in [-0.39, 0.29) is 5.91 Å². The number of aryl methyl sites for hydroxylation is 1. The summed E-state index contributed by atoms with van der Waals surface area (Å²) in [5.41, 5.74) is 1.81. The molecular weight excluding hydrogens is 358 g/mol. The van der Waals surface area contributed by atoms with Gasteiger partial charge >= 0.3 is 0 Å². The van der Waals surface area contributed by atoms with Gasteiger partial charge in [-0.3, -0.25) is 4.79 Å². The highest BCUT2D eigenvalue weighted by Gasteiger charge is 2.11. The van der Waals surface area contributed by atoms with E-state index in [4.69, 9.17) is 4.74 Å². The summed E-state index contributed by atoms with van der Waals surface area (Å²) in [5.74, 6) is 0.957. The summed E-state index contributed by atoms with van der Waals surface area (Å²) >= 11 is 1.50. The predicted octanol–water partition coefficient (Wildman–Crippen LogP) is 4.87. The van der Waals surface area contributed by atoms with Crippen LogP contribution in [0.3, 0.4) is 0 Å². The molecule has 0 radical (unpaired) electrons. The fourth-order valence-corrected chi connectivity index (χ4v) is 3.09. The number of nitrogens with one attached hydrogen (secondary N) is 1. The van der Waals surface area contributed by atoms with Gasteiger partial charge in [-0.15, -0.1) is 0 Å². The molecule has 27 heavy (non-hydrogen) atoms. The van der Waals surface area contributed by atoms with Gasteiger partial charge < -0.3 is 10.1 Å². The number of amides is 1. The van der Waals surface area contributed by atoms with E-state index in [9.17, 15) is 4.79 Å². The number of aromatic nitrogens is 2. The van der Waals surface area contributed by atoms with Crippen molar-refractivity contribution in [3.05, 3.63) is 72.1 Å². The molecule has 3 rings (SSSR count). The van der Waals surface area contributed by atoms with E-state index in [2.05, 4.69) is 34.3 Å². The molecular formula is C21H21N3O2S. The number of ether oxygens (including phenoxy) is 1. The van der Waals surface area contributed by atoms with Gasteiger partial charge in [-0.2, -0.15) is 0 Å². The van der Waals surface area contributed by atoms with Crippen molar-refractivity contribution in [2.45, 2.75) is 30.2 Å². The van der Waals surface area contributed by atoms with Crippen LogP contribution in [0.25, 0.3) is 0 Å². The first-order valence-electron chi connectivity index (χ1n) is 8.77. The van der Waals surface area contributed by atoms with Gasteiger partial charge in [0, 0.05) is 29.4 Å². The van der Waals surface area contributed by atoms with Crippen molar-refractivity contribution < 1.29 is 9.53 Å². The molecule has 1 aromatic heterocycles. The second kappa shape index (κ2) is 9.19. The zero-order valence-electron chi connectivity index (χ0n) is 15.3. The summed E-state index contributed by atoms with van der Waals surface area (Å²) in [6.07, 6.45) is 4.15. The monoisotopic (exact) mass is 379 g/mol. The maximum atomic E-state index is 12.0. The van der Waals surface area contributed by atoms with Crippen LogP contribution in [0.2, 0.25) is 0 Å².